The molecule has 14 heteroatoms. The average Bonchev–Trinajstić information content (AvgIpc) is 2.14. The van der Waals surface area contributed by atoms with Crippen molar-refractivity contribution in [2.75, 3.05) is 0 Å². The van der Waals surface area contributed by atoms with Crippen LogP contribution in [0.25, 0.3) is 0 Å². The molecule has 0 aromatic carbocycles. The Morgan fingerprint density at radius 1 is 0.895 bits per heavy atom. The third kappa shape index (κ3) is 3.03. The van der Waals surface area contributed by atoms with Crippen LogP contribution in [0.15, 0.2) is 12.1 Å². The van der Waals surface area contributed by atoms with Crippen LogP contribution in [0.5, 0.6) is 0 Å². The average molecular weight is 330 g/mol. The van der Waals surface area contributed by atoms with Crippen molar-refractivity contribution in [2.24, 2.45) is 0 Å². The van der Waals surface area contributed by atoms with E-state index in [9.17, 15) is 51.8 Å². The lowest BCUT2D eigenvalue weighted by Gasteiger charge is -2.28. The van der Waals surface area contributed by atoms with Crippen LogP contribution in [0.2, 0.25) is 0 Å². The summed E-state index contributed by atoms with van der Waals surface area (Å²) in [6.45, 7) is 0. The van der Waals surface area contributed by atoms with Gasteiger partial charge in [0.15, 0.2) is 0 Å². The standard InChI is InChI=1S/C5F10O3S/c6-1(7)2(8)18-4(11,12)3(9,10)5(13,14)19(15,16)17. The molecule has 0 radical (unpaired) electrons. The molecule has 0 aromatic heterocycles. The van der Waals surface area contributed by atoms with Crippen molar-refractivity contribution in [1.29, 1.82) is 0 Å². The molecule has 0 bridgehead atoms. The molecule has 3 nitrogen and oxygen atoms in total. The Morgan fingerprint density at radius 2 is 1.26 bits per heavy atom. The second-order valence-electron chi connectivity index (χ2n) is 2.68. The summed E-state index contributed by atoms with van der Waals surface area (Å²) in [4.78, 5) is 0. The summed E-state index contributed by atoms with van der Waals surface area (Å²) in [6, 6.07) is -3.67. The van der Waals surface area contributed by atoms with E-state index < -0.39 is 39.6 Å². The zero-order valence-electron chi connectivity index (χ0n) is 7.91. The van der Waals surface area contributed by atoms with Gasteiger partial charge in [0.2, 0.25) is 0 Å². The molecule has 0 aliphatic carbocycles. The summed E-state index contributed by atoms with van der Waals surface area (Å²) in [7, 11) is -7.57. The first-order valence-electron chi connectivity index (χ1n) is 3.55. The first-order valence-corrected chi connectivity index (χ1v) is 4.93. The summed E-state index contributed by atoms with van der Waals surface area (Å²) < 4.78 is 141. The molecule has 0 N–H and O–H groups in total. The summed E-state index contributed by atoms with van der Waals surface area (Å²) in [5.41, 5.74) is 0. The lowest BCUT2D eigenvalue weighted by Crippen LogP contribution is -2.57. The highest BCUT2D eigenvalue weighted by atomic mass is 32.3. The zero-order valence-corrected chi connectivity index (χ0v) is 8.73. The molecule has 0 amide bonds. The molecule has 0 fully saturated rings. The van der Waals surface area contributed by atoms with Crippen LogP contribution in [-0.2, 0) is 15.0 Å². The van der Waals surface area contributed by atoms with Gasteiger partial charge in [0.1, 0.15) is 0 Å². The van der Waals surface area contributed by atoms with Crippen LogP contribution < -0.4 is 0 Å². The van der Waals surface area contributed by atoms with Gasteiger partial charge in [-0.3, -0.25) is 0 Å². The Morgan fingerprint density at radius 3 is 1.53 bits per heavy atom. The van der Waals surface area contributed by atoms with Gasteiger partial charge in [0.05, 0.1) is 0 Å². The Kier molecular flexibility index (Phi) is 4.42. The van der Waals surface area contributed by atoms with Crippen molar-refractivity contribution < 1.29 is 56.6 Å². The Bertz CT molecular complexity index is 475. The van der Waals surface area contributed by atoms with E-state index in [2.05, 4.69) is 0 Å². The summed E-state index contributed by atoms with van der Waals surface area (Å²) >= 11 is 0. The van der Waals surface area contributed by atoms with Gasteiger partial charge in [0, 0.05) is 0 Å². The highest BCUT2D eigenvalue weighted by Gasteiger charge is 2.80. The molecule has 0 aromatic rings. The third-order valence-corrected chi connectivity index (χ3v) is 2.27. The molecule has 0 aliphatic heterocycles. The lowest BCUT2D eigenvalue weighted by molar-refractivity contribution is -0.376. The maximum absolute atomic E-state index is 12.4. The van der Waals surface area contributed by atoms with Gasteiger partial charge < -0.3 is 4.74 Å². The summed E-state index contributed by atoms with van der Waals surface area (Å²) in [5.74, 6) is -7.17. The van der Waals surface area contributed by atoms with Gasteiger partial charge in [-0.2, -0.15) is 47.9 Å². The highest BCUT2D eigenvalue weighted by molar-refractivity contribution is 7.87. The summed E-state index contributed by atoms with van der Waals surface area (Å²) in [6.07, 6.45) is -10.5. The van der Waals surface area contributed by atoms with E-state index >= 15 is 0 Å². The van der Waals surface area contributed by atoms with Gasteiger partial charge in [-0.05, 0) is 0 Å². The number of ether oxygens (including phenoxy) is 1. The minimum absolute atomic E-state index is 1.91. The SMILES string of the molecule is O=S(=O)(F)C(F)(F)C(F)(F)C(F)(F)OC(F)=C(F)F. The van der Waals surface area contributed by atoms with Crippen LogP contribution in [0.3, 0.4) is 0 Å². The van der Waals surface area contributed by atoms with E-state index in [1.807, 2.05) is 4.74 Å². The molecule has 0 spiro atoms. The predicted octanol–water partition coefficient (Wildman–Crippen LogP) is 3.16. The minimum atomic E-state index is -7.57. The smallest absolute Gasteiger partial charge is 0.397 e. The fraction of sp³-hybridized carbons (Fsp3) is 0.600. The van der Waals surface area contributed by atoms with Crippen molar-refractivity contribution >= 4 is 10.2 Å². The number of halogens is 10. The Labute approximate surface area is 97.2 Å². The van der Waals surface area contributed by atoms with E-state index in [0.29, 0.717) is 0 Å². The van der Waals surface area contributed by atoms with Crippen LogP contribution >= 0.6 is 0 Å². The molecule has 0 unspecified atom stereocenters. The minimum Gasteiger partial charge on any atom is -0.397 e. The lowest BCUT2D eigenvalue weighted by atomic mass is 10.3. The van der Waals surface area contributed by atoms with E-state index in [1.54, 1.807) is 0 Å². The topological polar surface area (TPSA) is 43.4 Å². The van der Waals surface area contributed by atoms with Gasteiger partial charge in [0.25, 0.3) is 0 Å². The monoisotopic (exact) mass is 330 g/mol. The predicted molar refractivity (Wildman–Crippen MR) is 36.3 cm³/mol. The van der Waals surface area contributed by atoms with Crippen molar-refractivity contribution in [3.8, 4) is 0 Å². The first kappa shape index (κ1) is 17.8. The second-order valence-corrected chi connectivity index (χ2v) is 4.07. The van der Waals surface area contributed by atoms with Crippen LogP contribution in [0.1, 0.15) is 0 Å². The van der Waals surface area contributed by atoms with Gasteiger partial charge in [-0.25, -0.2) is 0 Å². The summed E-state index contributed by atoms with van der Waals surface area (Å²) in [5, 5.41) is -7.05. The molecule has 0 heterocycles. The zero-order chi connectivity index (χ0) is 15.9. The van der Waals surface area contributed by atoms with Gasteiger partial charge in [-0.1, -0.05) is 3.89 Å². The second kappa shape index (κ2) is 4.72. The highest BCUT2D eigenvalue weighted by Crippen LogP contribution is 2.50. The van der Waals surface area contributed by atoms with E-state index in [1.165, 1.54) is 0 Å². The molecule has 0 rings (SSSR count). The molecule has 19 heavy (non-hydrogen) atoms. The van der Waals surface area contributed by atoms with Crippen molar-refractivity contribution in [3.63, 3.8) is 0 Å². The molecule has 0 saturated heterocycles. The third-order valence-electron chi connectivity index (χ3n) is 1.40. The molecular formula is C5F10O3S. The first-order chi connectivity index (χ1) is 8.08. The number of hydrogen-bond acceptors (Lipinski definition) is 3. The van der Waals surface area contributed by atoms with E-state index in [4.69, 9.17) is 0 Å². The Hall–Kier alpha value is -1.21. The van der Waals surface area contributed by atoms with Crippen molar-refractivity contribution in [2.45, 2.75) is 17.3 Å². The van der Waals surface area contributed by atoms with Crippen LogP contribution in [0, 0.1) is 0 Å². The fourth-order valence-corrected chi connectivity index (χ4v) is 0.963. The number of rotatable bonds is 5. The molecular weight excluding hydrogens is 330 g/mol. The number of hydrogen-bond donors (Lipinski definition) is 0. The van der Waals surface area contributed by atoms with Crippen molar-refractivity contribution in [1.82, 2.24) is 0 Å². The van der Waals surface area contributed by atoms with Crippen LogP contribution in [0.4, 0.5) is 43.4 Å². The van der Waals surface area contributed by atoms with Gasteiger partial charge in [-0.15, -0.1) is 0 Å². The fourth-order valence-electron chi connectivity index (χ4n) is 0.538. The maximum Gasteiger partial charge on any atom is 0.474 e. The molecule has 0 atom stereocenters. The largest absolute Gasteiger partial charge is 0.474 e. The van der Waals surface area contributed by atoms with Crippen LogP contribution in [-0.4, -0.2) is 25.7 Å². The maximum atomic E-state index is 12.4. The number of alkyl halides is 6. The van der Waals surface area contributed by atoms with E-state index in [-0.39, 0.29) is 0 Å². The van der Waals surface area contributed by atoms with Gasteiger partial charge >= 0.3 is 39.6 Å². The van der Waals surface area contributed by atoms with Crippen molar-refractivity contribution in [3.05, 3.63) is 12.1 Å². The molecule has 0 aliphatic rings. The normalized spacial score (nSPS) is 14.2. The quantitative estimate of drug-likeness (QED) is 0.442. The molecule has 0 saturated carbocycles. The molecule has 114 valence electrons. The van der Waals surface area contributed by atoms with E-state index in [0.717, 1.165) is 0 Å². The Balaban J connectivity index is 5.72.